The molecular formula is C21H15N3O4. The van der Waals surface area contributed by atoms with Crippen molar-refractivity contribution >= 4 is 17.3 Å². The van der Waals surface area contributed by atoms with E-state index in [1.165, 1.54) is 16.7 Å². The summed E-state index contributed by atoms with van der Waals surface area (Å²) in [7, 11) is 1.56. The number of carbonyl (C=O) groups excluding carboxylic acids is 1. The second-order valence-electron chi connectivity index (χ2n) is 6.89. The van der Waals surface area contributed by atoms with E-state index in [1.54, 1.807) is 31.3 Å². The molecule has 2 heterocycles. The van der Waals surface area contributed by atoms with E-state index in [4.69, 9.17) is 0 Å². The number of hydrogen-bond acceptors (Lipinski definition) is 5. The van der Waals surface area contributed by atoms with Crippen LogP contribution in [0.5, 0.6) is 5.75 Å². The van der Waals surface area contributed by atoms with Crippen molar-refractivity contribution in [1.29, 1.82) is 0 Å². The number of hydrogen-bond donors (Lipinski definition) is 3. The largest absolute Gasteiger partial charge is 0.508 e. The number of nitrogens with zero attached hydrogens (tertiary/aromatic N) is 1. The van der Waals surface area contributed by atoms with Crippen molar-refractivity contribution < 1.29 is 9.90 Å². The Kier molecular flexibility index (Phi) is 3.24. The first kappa shape index (κ1) is 16.3. The molecule has 138 valence electrons. The first-order valence-corrected chi connectivity index (χ1v) is 8.75. The summed E-state index contributed by atoms with van der Waals surface area (Å²) in [4.78, 5) is 40.5. The summed E-state index contributed by atoms with van der Waals surface area (Å²) >= 11 is 0. The van der Waals surface area contributed by atoms with Gasteiger partial charge in [0, 0.05) is 29.7 Å². The van der Waals surface area contributed by atoms with Crippen molar-refractivity contribution in [2.45, 2.75) is 5.92 Å². The highest BCUT2D eigenvalue weighted by Crippen LogP contribution is 2.47. The van der Waals surface area contributed by atoms with Crippen molar-refractivity contribution in [1.82, 2.24) is 9.55 Å². The molecule has 1 aliphatic carbocycles. The Labute approximate surface area is 158 Å². The van der Waals surface area contributed by atoms with E-state index in [2.05, 4.69) is 10.3 Å². The molecule has 0 radical (unpaired) electrons. The number of H-pyrrole nitrogens is 1. The number of carbonyl (C=O) groups is 1. The molecule has 1 atom stereocenters. The smallest absolute Gasteiger partial charge is 0.329 e. The lowest BCUT2D eigenvalue weighted by molar-refractivity contribution is 0.103. The fourth-order valence-corrected chi connectivity index (χ4v) is 4.03. The number of benzene rings is 2. The van der Waals surface area contributed by atoms with Crippen LogP contribution in [-0.4, -0.2) is 20.4 Å². The van der Waals surface area contributed by atoms with Crippen LogP contribution in [0, 0.1) is 0 Å². The Hall–Kier alpha value is -3.87. The van der Waals surface area contributed by atoms with Crippen LogP contribution in [0.25, 0.3) is 5.70 Å². The molecule has 7 heteroatoms. The molecule has 5 rings (SSSR count). The van der Waals surface area contributed by atoms with Gasteiger partial charge < -0.3 is 10.4 Å². The van der Waals surface area contributed by atoms with Crippen LogP contribution in [0.2, 0.25) is 0 Å². The van der Waals surface area contributed by atoms with Gasteiger partial charge in [0.25, 0.3) is 5.56 Å². The second kappa shape index (κ2) is 5.56. The average molecular weight is 373 g/mol. The Morgan fingerprint density at radius 3 is 2.36 bits per heavy atom. The van der Waals surface area contributed by atoms with Gasteiger partial charge in [-0.3, -0.25) is 19.1 Å². The van der Waals surface area contributed by atoms with Gasteiger partial charge in [-0.25, -0.2) is 4.79 Å². The van der Waals surface area contributed by atoms with E-state index < -0.39 is 17.2 Å². The molecule has 7 nitrogen and oxygen atoms in total. The van der Waals surface area contributed by atoms with Crippen LogP contribution in [0.1, 0.15) is 33.0 Å². The molecule has 1 aliphatic heterocycles. The molecule has 0 amide bonds. The number of aromatic hydroxyl groups is 1. The van der Waals surface area contributed by atoms with Gasteiger partial charge >= 0.3 is 5.69 Å². The van der Waals surface area contributed by atoms with Crippen LogP contribution in [0.15, 0.2) is 63.7 Å². The summed E-state index contributed by atoms with van der Waals surface area (Å²) in [5.41, 5.74) is 2.25. The summed E-state index contributed by atoms with van der Waals surface area (Å²) in [5.74, 6) is -0.380. The standard InChI is InChI=1S/C21H15N3O4/c1-24-19-16(20(27)23-21(24)28)14(10-6-8-11(25)9-7-10)15-17(22-19)12-4-2-3-5-13(12)18(15)26/h2-9,14,22,25H,1H3,(H,23,27,28)/t14-/m1/s1. The highest BCUT2D eigenvalue weighted by Gasteiger charge is 2.42. The van der Waals surface area contributed by atoms with E-state index in [1.807, 2.05) is 12.1 Å². The Balaban J connectivity index is 1.87. The minimum Gasteiger partial charge on any atom is -0.508 e. The van der Waals surface area contributed by atoms with Crippen LogP contribution >= 0.6 is 0 Å². The number of phenolic OH excluding ortho intramolecular Hbond substituents is 1. The molecule has 0 saturated heterocycles. The normalized spacial score (nSPS) is 17.0. The molecule has 0 unspecified atom stereocenters. The molecule has 3 N–H and O–H groups in total. The molecule has 2 aromatic carbocycles. The van der Waals surface area contributed by atoms with Crippen LogP contribution in [0.3, 0.4) is 0 Å². The molecule has 0 spiro atoms. The molecular weight excluding hydrogens is 358 g/mol. The summed E-state index contributed by atoms with van der Waals surface area (Å²) in [5, 5.41) is 12.8. The summed E-state index contributed by atoms with van der Waals surface area (Å²) < 4.78 is 1.33. The van der Waals surface area contributed by atoms with Gasteiger partial charge in [-0.2, -0.15) is 0 Å². The lowest BCUT2D eigenvalue weighted by atomic mass is 9.81. The summed E-state index contributed by atoms with van der Waals surface area (Å²) in [6.07, 6.45) is 0. The molecule has 3 aromatic rings. The molecule has 2 aliphatic rings. The maximum Gasteiger partial charge on any atom is 0.329 e. The maximum absolute atomic E-state index is 13.2. The summed E-state index contributed by atoms with van der Waals surface area (Å²) in [6.45, 7) is 0. The van der Waals surface area contributed by atoms with Gasteiger partial charge in [-0.05, 0) is 17.7 Å². The van der Waals surface area contributed by atoms with Gasteiger partial charge in [0.05, 0.1) is 11.3 Å². The molecule has 0 bridgehead atoms. The monoisotopic (exact) mass is 373 g/mol. The third kappa shape index (κ3) is 2.07. The van der Waals surface area contributed by atoms with Crippen LogP contribution in [0.4, 0.5) is 5.82 Å². The maximum atomic E-state index is 13.2. The minimum absolute atomic E-state index is 0.0857. The number of ketones is 1. The van der Waals surface area contributed by atoms with Crippen LogP contribution < -0.4 is 16.6 Å². The van der Waals surface area contributed by atoms with Crippen molar-refractivity contribution in [2.75, 3.05) is 5.32 Å². The van der Waals surface area contributed by atoms with Crippen molar-refractivity contribution in [3.63, 3.8) is 0 Å². The van der Waals surface area contributed by atoms with Crippen LogP contribution in [-0.2, 0) is 7.05 Å². The number of fused-ring (bicyclic) bond motifs is 3. The number of Topliss-reactive ketones (excluding diaryl/α,β-unsaturated/α-hetero) is 1. The van der Waals surface area contributed by atoms with E-state index in [0.717, 1.165) is 5.56 Å². The van der Waals surface area contributed by atoms with E-state index in [-0.39, 0.29) is 11.5 Å². The van der Waals surface area contributed by atoms with Crippen molar-refractivity contribution in [3.8, 4) is 5.75 Å². The topological polar surface area (TPSA) is 104 Å². The predicted octanol–water partition coefficient (Wildman–Crippen LogP) is 1.94. The predicted molar refractivity (Wildman–Crippen MR) is 104 cm³/mol. The zero-order valence-corrected chi connectivity index (χ0v) is 14.8. The zero-order valence-electron chi connectivity index (χ0n) is 14.8. The number of allylic oxidation sites excluding steroid dienone is 1. The number of phenols is 1. The Morgan fingerprint density at radius 1 is 0.964 bits per heavy atom. The zero-order chi connectivity index (χ0) is 19.6. The summed E-state index contributed by atoms with van der Waals surface area (Å²) in [6, 6.07) is 13.6. The SMILES string of the molecule is Cn1c2c(c(=O)[nH]c1=O)[C@H](c1ccc(O)cc1)C1=C(N2)c2ccccc2C1=O. The van der Waals surface area contributed by atoms with E-state index >= 15 is 0 Å². The third-order valence-corrected chi connectivity index (χ3v) is 5.36. The lowest BCUT2D eigenvalue weighted by Crippen LogP contribution is -2.37. The van der Waals surface area contributed by atoms with Gasteiger partial charge in [0.15, 0.2) is 5.78 Å². The molecule has 0 fully saturated rings. The number of nitrogens with one attached hydrogen (secondary N) is 2. The highest BCUT2D eigenvalue weighted by molar-refractivity contribution is 6.23. The minimum atomic E-state index is -0.665. The van der Waals surface area contributed by atoms with E-state index in [9.17, 15) is 19.5 Å². The number of rotatable bonds is 1. The second-order valence-corrected chi connectivity index (χ2v) is 6.89. The van der Waals surface area contributed by atoms with Gasteiger partial charge in [0.1, 0.15) is 11.6 Å². The quantitative estimate of drug-likeness (QED) is 0.605. The van der Waals surface area contributed by atoms with Gasteiger partial charge in [0.2, 0.25) is 0 Å². The lowest BCUT2D eigenvalue weighted by Gasteiger charge is -2.29. The Morgan fingerprint density at radius 2 is 1.64 bits per heavy atom. The third-order valence-electron chi connectivity index (χ3n) is 5.36. The first-order valence-electron chi connectivity index (χ1n) is 8.75. The Bertz CT molecular complexity index is 1310. The van der Waals surface area contributed by atoms with E-state index in [0.29, 0.717) is 33.8 Å². The first-order chi connectivity index (χ1) is 13.5. The fraction of sp³-hybridized carbons (Fsp3) is 0.0952. The number of aromatic amines is 1. The van der Waals surface area contributed by atoms with Crippen molar-refractivity contribution in [3.05, 3.63) is 97.2 Å². The van der Waals surface area contributed by atoms with Gasteiger partial charge in [-0.1, -0.05) is 36.4 Å². The fourth-order valence-electron chi connectivity index (χ4n) is 4.03. The highest BCUT2D eigenvalue weighted by atomic mass is 16.3. The van der Waals surface area contributed by atoms with Gasteiger partial charge in [-0.15, -0.1) is 0 Å². The average Bonchev–Trinajstić information content (AvgIpc) is 2.98. The number of anilines is 1. The molecule has 28 heavy (non-hydrogen) atoms. The number of aromatic nitrogens is 2. The van der Waals surface area contributed by atoms with Crippen molar-refractivity contribution in [2.24, 2.45) is 7.05 Å². The molecule has 1 aromatic heterocycles. The molecule has 0 saturated carbocycles.